The monoisotopic (exact) mass is 344 g/mol. The maximum atomic E-state index is 12.9. The molecule has 1 N–H and O–H groups in total. The Morgan fingerprint density at radius 2 is 1.92 bits per heavy atom. The fourth-order valence-corrected chi connectivity index (χ4v) is 3.87. The van der Waals surface area contributed by atoms with Crippen LogP contribution in [0.5, 0.6) is 0 Å². The molecule has 3 aromatic heterocycles. The minimum Gasteiger partial charge on any atom is -0.361 e. The molecule has 4 aromatic rings. The molecule has 4 heterocycles. The SMILES string of the molecule is O=C(c1cnn2c(-c3ccc4[nH]ccc4c3)cccc12)N1CCCCC1. The van der Waals surface area contributed by atoms with Crippen LogP contribution < -0.4 is 0 Å². The van der Waals surface area contributed by atoms with Crippen molar-refractivity contribution in [3.8, 4) is 11.3 Å². The van der Waals surface area contributed by atoms with Gasteiger partial charge in [-0.15, -0.1) is 0 Å². The molecule has 0 saturated carbocycles. The van der Waals surface area contributed by atoms with Crippen molar-refractivity contribution in [2.45, 2.75) is 19.3 Å². The molecule has 1 aliphatic heterocycles. The lowest BCUT2D eigenvalue weighted by atomic mass is 10.1. The van der Waals surface area contributed by atoms with Crippen LogP contribution in [0, 0.1) is 0 Å². The Hall–Kier alpha value is -3.08. The lowest BCUT2D eigenvalue weighted by Crippen LogP contribution is -2.35. The predicted octanol–water partition coefficient (Wildman–Crippen LogP) is 4.11. The van der Waals surface area contributed by atoms with Crippen molar-refractivity contribution in [2.75, 3.05) is 13.1 Å². The van der Waals surface area contributed by atoms with Gasteiger partial charge in [0.25, 0.3) is 5.91 Å². The van der Waals surface area contributed by atoms with Gasteiger partial charge in [0.1, 0.15) is 0 Å². The van der Waals surface area contributed by atoms with Crippen molar-refractivity contribution >= 4 is 22.3 Å². The number of piperidine rings is 1. The number of nitrogens with one attached hydrogen (secondary N) is 1. The van der Waals surface area contributed by atoms with Gasteiger partial charge >= 0.3 is 0 Å². The van der Waals surface area contributed by atoms with Gasteiger partial charge in [0.15, 0.2) is 0 Å². The van der Waals surface area contributed by atoms with Gasteiger partial charge in [-0.25, -0.2) is 4.52 Å². The van der Waals surface area contributed by atoms with E-state index in [1.54, 1.807) is 6.20 Å². The zero-order chi connectivity index (χ0) is 17.5. The number of aromatic amines is 1. The third-order valence-corrected chi connectivity index (χ3v) is 5.27. The highest BCUT2D eigenvalue weighted by atomic mass is 16.2. The Morgan fingerprint density at radius 3 is 2.81 bits per heavy atom. The summed E-state index contributed by atoms with van der Waals surface area (Å²) in [6.07, 6.45) is 7.05. The van der Waals surface area contributed by atoms with Gasteiger partial charge in [-0.2, -0.15) is 5.10 Å². The maximum Gasteiger partial charge on any atom is 0.257 e. The number of amides is 1. The van der Waals surface area contributed by atoms with Crippen LogP contribution in [-0.4, -0.2) is 38.5 Å². The molecule has 0 bridgehead atoms. The van der Waals surface area contributed by atoms with Crippen molar-refractivity contribution in [3.05, 3.63) is 60.4 Å². The summed E-state index contributed by atoms with van der Waals surface area (Å²) in [5, 5.41) is 5.70. The van der Waals surface area contributed by atoms with E-state index in [4.69, 9.17) is 0 Å². The lowest BCUT2D eigenvalue weighted by molar-refractivity contribution is 0.0726. The van der Waals surface area contributed by atoms with E-state index in [1.165, 1.54) is 6.42 Å². The van der Waals surface area contributed by atoms with Gasteiger partial charge in [0.2, 0.25) is 0 Å². The summed E-state index contributed by atoms with van der Waals surface area (Å²) < 4.78 is 1.88. The first-order chi connectivity index (χ1) is 12.8. The highest BCUT2D eigenvalue weighted by Crippen LogP contribution is 2.26. The molecule has 0 unspecified atom stereocenters. The summed E-state index contributed by atoms with van der Waals surface area (Å²) in [6.45, 7) is 1.69. The number of nitrogens with zero attached hydrogens (tertiary/aromatic N) is 3. The second-order valence-corrected chi connectivity index (χ2v) is 6.90. The van der Waals surface area contributed by atoms with E-state index in [0.29, 0.717) is 5.56 Å². The molecular weight excluding hydrogens is 324 g/mol. The Morgan fingerprint density at radius 1 is 1.04 bits per heavy atom. The lowest BCUT2D eigenvalue weighted by Gasteiger charge is -2.26. The van der Waals surface area contributed by atoms with Crippen molar-refractivity contribution in [3.63, 3.8) is 0 Å². The van der Waals surface area contributed by atoms with Gasteiger partial charge < -0.3 is 9.88 Å². The number of H-pyrrole nitrogens is 1. The molecule has 1 aromatic carbocycles. The molecular formula is C21H20N4O. The first-order valence-electron chi connectivity index (χ1n) is 9.15. The summed E-state index contributed by atoms with van der Waals surface area (Å²) in [5.74, 6) is 0.0953. The predicted molar refractivity (Wildman–Crippen MR) is 102 cm³/mol. The standard InChI is InChI=1S/C21H20N4O/c26-21(24-11-2-1-3-12-24)17-14-23-25-19(5-4-6-20(17)25)16-7-8-18-15(13-16)9-10-22-18/h4-10,13-14,22H,1-3,11-12H2. The molecule has 26 heavy (non-hydrogen) atoms. The molecule has 0 spiro atoms. The molecule has 5 nitrogen and oxygen atoms in total. The Balaban J connectivity index is 1.59. The number of benzene rings is 1. The van der Waals surface area contributed by atoms with Gasteiger partial charge in [0, 0.05) is 35.8 Å². The zero-order valence-electron chi connectivity index (χ0n) is 14.5. The minimum atomic E-state index is 0.0953. The Labute approximate surface area is 151 Å². The number of pyridine rings is 1. The number of aromatic nitrogens is 3. The van der Waals surface area contributed by atoms with Crippen molar-refractivity contribution < 1.29 is 4.79 Å². The van der Waals surface area contributed by atoms with E-state index in [-0.39, 0.29) is 5.91 Å². The van der Waals surface area contributed by atoms with Crippen LogP contribution >= 0.6 is 0 Å². The largest absolute Gasteiger partial charge is 0.361 e. The number of carbonyl (C=O) groups excluding carboxylic acids is 1. The Kier molecular flexibility index (Phi) is 3.52. The number of fused-ring (bicyclic) bond motifs is 2. The van der Waals surface area contributed by atoms with Gasteiger partial charge in [-0.05, 0) is 49.6 Å². The molecule has 130 valence electrons. The van der Waals surface area contributed by atoms with Crippen LogP contribution in [0.15, 0.2) is 54.9 Å². The van der Waals surface area contributed by atoms with E-state index >= 15 is 0 Å². The molecule has 0 radical (unpaired) electrons. The Bertz CT molecular complexity index is 1100. The van der Waals surface area contributed by atoms with Gasteiger partial charge in [0.05, 0.1) is 23.0 Å². The molecule has 5 rings (SSSR count). The summed E-state index contributed by atoms with van der Waals surface area (Å²) in [5.41, 5.74) is 4.75. The van der Waals surface area contributed by atoms with Crippen molar-refractivity contribution in [1.82, 2.24) is 19.5 Å². The molecule has 0 aliphatic carbocycles. The van der Waals surface area contributed by atoms with Crippen LogP contribution in [0.2, 0.25) is 0 Å². The summed E-state index contributed by atoms with van der Waals surface area (Å²) in [7, 11) is 0. The normalized spacial score (nSPS) is 15.0. The van der Waals surface area contributed by atoms with E-state index in [1.807, 2.05) is 33.8 Å². The molecule has 0 atom stereocenters. The number of likely N-dealkylation sites (tertiary alicyclic amines) is 1. The molecule has 1 amide bonds. The van der Waals surface area contributed by atoms with Crippen LogP contribution in [0.3, 0.4) is 0 Å². The molecule has 1 saturated heterocycles. The van der Waals surface area contributed by atoms with Crippen LogP contribution in [0.1, 0.15) is 29.6 Å². The molecule has 1 fully saturated rings. The van der Waals surface area contributed by atoms with Gasteiger partial charge in [-0.1, -0.05) is 12.1 Å². The third kappa shape index (κ3) is 2.39. The first kappa shape index (κ1) is 15.2. The average Bonchev–Trinajstić information content (AvgIpc) is 3.34. The van der Waals surface area contributed by atoms with Crippen molar-refractivity contribution in [1.29, 1.82) is 0 Å². The van der Waals surface area contributed by atoms with Crippen LogP contribution in [0.25, 0.3) is 27.7 Å². The minimum absolute atomic E-state index is 0.0953. The van der Waals surface area contributed by atoms with E-state index in [2.05, 4.69) is 34.3 Å². The third-order valence-electron chi connectivity index (χ3n) is 5.27. The summed E-state index contributed by atoms with van der Waals surface area (Å²) >= 11 is 0. The van der Waals surface area contributed by atoms with Crippen LogP contribution in [-0.2, 0) is 0 Å². The van der Waals surface area contributed by atoms with Gasteiger partial charge in [-0.3, -0.25) is 4.79 Å². The zero-order valence-corrected chi connectivity index (χ0v) is 14.5. The average molecular weight is 344 g/mol. The number of hydrogen-bond acceptors (Lipinski definition) is 2. The maximum absolute atomic E-state index is 12.9. The summed E-state index contributed by atoms with van der Waals surface area (Å²) in [4.78, 5) is 18.1. The van der Waals surface area contributed by atoms with Crippen LogP contribution in [0.4, 0.5) is 0 Å². The second kappa shape index (κ2) is 6.02. The first-order valence-corrected chi connectivity index (χ1v) is 9.15. The van der Waals surface area contributed by atoms with Crippen molar-refractivity contribution in [2.24, 2.45) is 0 Å². The fourth-order valence-electron chi connectivity index (χ4n) is 3.87. The van der Waals surface area contributed by atoms with E-state index in [0.717, 1.165) is 53.6 Å². The van der Waals surface area contributed by atoms with E-state index < -0.39 is 0 Å². The number of rotatable bonds is 2. The molecule has 5 heteroatoms. The smallest absolute Gasteiger partial charge is 0.257 e. The quantitative estimate of drug-likeness (QED) is 0.595. The highest BCUT2D eigenvalue weighted by Gasteiger charge is 2.22. The number of hydrogen-bond donors (Lipinski definition) is 1. The molecule has 1 aliphatic rings. The number of carbonyl (C=O) groups is 1. The highest BCUT2D eigenvalue weighted by molar-refractivity contribution is 6.01. The summed E-state index contributed by atoms with van der Waals surface area (Å²) in [6, 6.07) is 14.4. The topological polar surface area (TPSA) is 53.4 Å². The van der Waals surface area contributed by atoms with E-state index in [9.17, 15) is 4.79 Å². The fraction of sp³-hybridized carbons (Fsp3) is 0.238. The second-order valence-electron chi connectivity index (χ2n) is 6.90.